The topological polar surface area (TPSA) is 54.0 Å². The third kappa shape index (κ3) is 4.15. The molecular weight excluding hydrogens is 306 g/mol. The van der Waals surface area contributed by atoms with E-state index in [-0.39, 0.29) is 24.2 Å². The highest BCUT2D eigenvalue weighted by Gasteiger charge is 2.20. The van der Waals surface area contributed by atoms with E-state index in [0.29, 0.717) is 6.54 Å². The van der Waals surface area contributed by atoms with Crippen LogP contribution in [0.5, 0.6) is 0 Å². The minimum Gasteiger partial charge on any atom is -0.355 e. The van der Waals surface area contributed by atoms with Crippen LogP contribution >= 0.6 is 23.7 Å². The Morgan fingerprint density at radius 1 is 1.33 bits per heavy atom. The Hall–Kier alpha value is -1.17. The van der Waals surface area contributed by atoms with Crippen LogP contribution in [-0.2, 0) is 11.2 Å². The number of halogens is 1. The number of amides is 1. The van der Waals surface area contributed by atoms with Gasteiger partial charge in [-0.25, -0.2) is 4.98 Å². The normalized spacial score (nSPS) is 15.6. The van der Waals surface area contributed by atoms with Crippen molar-refractivity contribution in [3.05, 3.63) is 29.3 Å². The molecule has 2 aromatic rings. The molecule has 114 valence electrons. The predicted octanol–water partition coefficient (Wildman–Crippen LogP) is 2.38. The van der Waals surface area contributed by atoms with Crippen molar-refractivity contribution in [2.24, 2.45) is 5.92 Å². The quantitative estimate of drug-likeness (QED) is 0.907. The molecule has 1 amide bonds. The second-order valence-electron chi connectivity index (χ2n) is 5.14. The van der Waals surface area contributed by atoms with Gasteiger partial charge < -0.3 is 10.6 Å². The number of hydrogen-bond acceptors (Lipinski definition) is 4. The molecule has 0 atom stereocenters. The summed E-state index contributed by atoms with van der Waals surface area (Å²) in [5.41, 5.74) is 1.05. The molecule has 0 spiro atoms. The standard InChI is InChI=1S/C15H19N3OS.ClH/c19-15(11-5-8-16-9-6-11)17-10-7-14-18-12-3-1-2-4-13(12)20-14;/h1-4,11,16H,5-10H2,(H,17,19);1H. The number of carbonyl (C=O) groups is 1. The van der Waals surface area contributed by atoms with Gasteiger partial charge >= 0.3 is 0 Å². The molecule has 1 aromatic carbocycles. The molecule has 1 fully saturated rings. The van der Waals surface area contributed by atoms with Crippen molar-refractivity contribution in [3.8, 4) is 0 Å². The van der Waals surface area contributed by atoms with Crippen LogP contribution in [0.3, 0.4) is 0 Å². The molecule has 1 aromatic heterocycles. The molecule has 3 rings (SSSR count). The average molecular weight is 326 g/mol. The molecule has 0 bridgehead atoms. The molecule has 1 aliphatic rings. The Morgan fingerprint density at radius 2 is 2.10 bits per heavy atom. The van der Waals surface area contributed by atoms with Gasteiger partial charge in [0, 0.05) is 18.9 Å². The maximum Gasteiger partial charge on any atom is 0.223 e. The number of benzene rings is 1. The SMILES string of the molecule is Cl.O=C(NCCc1nc2ccccc2s1)C1CCNCC1. The van der Waals surface area contributed by atoms with Crippen molar-refractivity contribution in [1.82, 2.24) is 15.6 Å². The highest BCUT2D eigenvalue weighted by Crippen LogP contribution is 2.21. The Morgan fingerprint density at radius 3 is 2.86 bits per heavy atom. The molecule has 0 aliphatic carbocycles. The fourth-order valence-electron chi connectivity index (χ4n) is 2.55. The summed E-state index contributed by atoms with van der Waals surface area (Å²) in [4.78, 5) is 16.6. The minimum absolute atomic E-state index is 0. The van der Waals surface area contributed by atoms with Crippen LogP contribution in [0.15, 0.2) is 24.3 Å². The van der Waals surface area contributed by atoms with Gasteiger partial charge in [-0.3, -0.25) is 4.79 Å². The van der Waals surface area contributed by atoms with Crippen LogP contribution in [-0.4, -0.2) is 30.5 Å². The van der Waals surface area contributed by atoms with Crippen LogP contribution < -0.4 is 10.6 Å². The number of rotatable bonds is 4. The number of nitrogens with one attached hydrogen (secondary N) is 2. The number of para-hydroxylation sites is 1. The summed E-state index contributed by atoms with van der Waals surface area (Å²) in [6, 6.07) is 8.15. The number of piperidine rings is 1. The zero-order chi connectivity index (χ0) is 13.8. The molecule has 4 nitrogen and oxygen atoms in total. The van der Waals surface area contributed by atoms with Crippen molar-refractivity contribution in [3.63, 3.8) is 0 Å². The van der Waals surface area contributed by atoms with Crippen molar-refractivity contribution >= 4 is 39.9 Å². The first-order valence-corrected chi connectivity index (χ1v) is 7.97. The molecule has 1 saturated heterocycles. The molecule has 1 aliphatic heterocycles. The van der Waals surface area contributed by atoms with E-state index in [1.54, 1.807) is 11.3 Å². The third-order valence-electron chi connectivity index (χ3n) is 3.69. The fourth-order valence-corrected chi connectivity index (χ4v) is 3.51. The Balaban J connectivity index is 0.00000161. The lowest BCUT2D eigenvalue weighted by molar-refractivity contribution is -0.125. The van der Waals surface area contributed by atoms with Crippen molar-refractivity contribution in [2.45, 2.75) is 19.3 Å². The molecule has 2 heterocycles. The summed E-state index contributed by atoms with van der Waals surface area (Å²) in [6.45, 7) is 2.59. The summed E-state index contributed by atoms with van der Waals surface area (Å²) in [5.74, 6) is 0.388. The highest BCUT2D eigenvalue weighted by molar-refractivity contribution is 7.18. The zero-order valence-corrected chi connectivity index (χ0v) is 13.4. The van der Waals surface area contributed by atoms with Crippen LogP contribution in [0.2, 0.25) is 0 Å². The molecule has 0 radical (unpaired) electrons. The minimum atomic E-state index is 0. The van der Waals surface area contributed by atoms with Crippen LogP contribution in [0.4, 0.5) is 0 Å². The Labute approximate surface area is 134 Å². The van der Waals surface area contributed by atoms with Gasteiger partial charge in [0.2, 0.25) is 5.91 Å². The second-order valence-corrected chi connectivity index (χ2v) is 6.26. The first-order valence-electron chi connectivity index (χ1n) is 7.16. The third-order valence-corrected chi connectivity index (χ3v) is 4.78. The van der Waals surface area contributed by atoms with Gasteiger partial charge in [-0.1, -0.05) is 12.1 Å². The smallest absolute Gasteiger partial charge is 0.223 e. The molecule has 0 unspecified atom stereocenters. The maximum atomic E-state index is 12.0. The molecular formula is C15H20ClN3OS. The molecule has 6 heteroatoms. The Bertz CT molecular complexity index is 562. The first kappa shape index (κ1) is 16.2. The molecule has 2 N–H and O–H groups in total. The average Bonchev–Trinajstić information content (AvgIpc) is 2.90. The number of nitrogens with zero attached hydrogens (tertiary/aromatic N) is 1. The van der Waals surface area contributed by atoms with E-state index < -0.39 is 0 Å². The van der Waals surface area contributed by atoms with E-state index in [0.717, 1.165) is 42.9 Å². The number of thiazole rings is 1. The zero-order valence-electron chi connectivity index (χ0n) is 11.8. The predicted molar refractivity (Wildman–Crippen MR) is 89.2 cm³/mol. The fraction of sp³-hybridized carbons (Fsp3) is 0.467. The van der Waals surface area contributed by atoms with Crippen molar-refractivity contribution in [1.29, 1.82) is 0 Å². The monoisotopic (exact) mass is 325 g/mol. The number of carbonyl (C=O) groups excluding carboxylic acids is 1. The lowest BCUT2D eigenvalue weighted by atomic mass is 9.97. The van der Waals surface area contributed by atoms with Gasteiger partial charge in [0.05, 0.1) is 15.2 Å². The lowest BCUT2D eigenvalue weighted by Gasteiger charge is -2.21. The van der Waals surface area contributed by atoms with E-state index in [1.807, 2.05) is 18.2 Å². The largest absolute Gasteiger partial charge is 0.355 e. The highest BCUT2D eigenvalue weighted by atomic mass is 35.5. The first-order chi connectivity index (χ1) is 9.83. The maximum absolute atomic E-state index is 12.0. The number of aromatic nitrogens is 1. The molecule has 21 heavy (non-hydrogen) atoms. The van der Waals surface area contributed by atoms with Gasteiger partial charge in [-0.05, 0) is 38.1 Å². The lowest BCUT2D eigenvalue weighted by Crippen LogP contribution is -2.38. The van der Waals surface area contributed by atoms with Gasteiger partial charge in [0.15, 0.2) is 0 Å². The van der Waals surface area contributed by atoms with Gasteiger partial charge in [-0.15, -0.1) is 23.7 Å². The van der Waals surface area contributed by atoms with Crippen molar-refractivity contribution < 1.29 is 4.79 Å². The van der Waals surface area contributed by atoms with Gasteiger partial charge in [0.25, 0.3) is 0 Å². The second kappa shape index (κ2) is 7.73. The van der Waals surface area contributed by atoms with Gasteiger partial charge in [-0.2, -0.15) is 0 Å². The van der Waals surface area contributed by atoms with Crippen LogP contribution in [0.1, 0.15) is 17.8 Å². The van der Waals surface area contributed by atoms with E-state index in [4.69, 9.17) is 0 Å². The van der Waals surface area contributed by atoms with Crippen LogP contribution in [0, 0.1) is 5.92 Å². The van der Waals surface area contributed by atoms with E-state index in [2.05, 4.69) is 21.7 Å². The van der Waals surface area contributed by atoms with Crippen molar-refractivity contribution in [2.75, 3.05) is 19.6 Å². The summed E-state index contributed by atoms with van der Waals surface area (Å²) >= 11 is 1.71. The van der Waals surface area contributed by atoms with Gasteiger partial charge in [0.1, 0.15) is 0 Å². The Kier molecular flexibility index (Phi) is 5.96. The van der Waals surface area contributed by atoms with E-state index in [9.17, 15) is 4.79 Å². The summed E-state index contributed by atoms with van der Waals surface area (Å²) < 4.78 is 1.21. The summed E-state index contributed by atoms with van der Waals surface area (Å²) in [6.07, 6.45) is 2.72. The summed E-state index contributed by atoms with van der Waals surface area (Å²) in [5, 5.41) is 7.42. The molecule has 0 saturated carbocycles. The van der Waals surface area contributed by atoms with E-state index >= 15 is 0 Å². The summed E-state index contributed by atoms with van der Waals surface area (Å²) in [7, 11) is 0. The number of fused-ring (bicyclic) bond motifs is 1. The van der Waals surface area contributed by atoms with E-state index in [1.165, 1.54) is 4.70 Å². The van der Waals surface area contributed by atoms with Crippen LogP contribution in [0.25, 0.3) is 10.2 Å². The number of hydrogen-bond donors (Lipinski definition) is 2.